The summed E-state index contributed by atoms with van der Waals surface area (Å²) in [4.78, 5) is 4.45. The first kappa shape index (κ1) is 25.3. The van der Waals surface area contributed by atoms with Crippen molar-refractivity contribution < 1.29 is 14.6 Å². The Morgan fingerprint density at radius 2 is 1.58 bits per heavy atom. The van der Waals surface area contributed by atoms with E-state index in [1.165, 1.54) is 0 Å². The molecule has 154 valence electrons. The summed E-state index contributed by atoms with van der Waals surface area (Å²) in [5, 5.41) is 9.98. The molecule has 0 bridgehead atoms. The van der Waals surface area contributed by atoms with Crippen LogP contribution in [0.3, 0.4) is 0 Å². The molecule has 0 spiro atoms. The second-order valence-electron chi connectivity index (χ2n) is 7.08. The second-order valence-corrected chi connectivity index (χ2v) is 12.1. The Hall–Kier alpha value is 1.29. The first-order valence-corrected chi connectivity index (χ1v) is 10.6. The number of nitrogens with zero attached hydrogens (tertiary/aromatic N) is 1. The summed E-state index contributed by atoms with van der Waals surface area (Å²) in [6.07, 6.45) is 2.46. The van der Waals surface area contributed by atoms with E-state index in [0.29, 0.717) is 12.3 Å². The van der Waals surface area contributed by atoms with Crippen molar-refractivity contribution in [2.24, 2.45) is 16.8 Å². The molecule has 26 heavy (non-hydrogen) atoms. The maximum Gasteiger partial charge on any atom is 0.213 e. The predicted octanol–water partition coefficient (Wildman–Crippen LogP) is 6.08. The number of aliphatic imine (C=N–C) groups is 1. The summed E-state index contributed by atoms with van der Waals surface area (Å²) < 4.78 is 7.98. The van der Waals surface area contributed by atoms with E-state index in [9.17, 15) is 5.11 Å². The van der Waals surface area contributed by atoms with Crippen molar-refractivity contribution in [3.8, 4) is 0 Å². The lowest BCUT2D eigenvalue weighted by molar-refractivity contribution is -0.145. The molecule has 0 aliphatic heterocycles. The molecule has 4 nitrogen and oxygen atoms in total. The summed E-state index contributed by atoms with van der Waals surface area (Å²) in [5.41, 5.74) is -0.0823. The third-order valence-corrected chi connectivity index (χ3v) is 4.62. The first-order chi connectivity index (χ1) is 11.7. The summed E-state index contributed by atoms with van der Waals surface area (Å²) in [7, 11) is 0. The van der Waals surface area contributed by atoms with Gasteiger partial charge >= 0.3 is 0 Å². The molecule has 1 aliphatic rings. The lowest BCUT2D eigenvalue weighted by Crippen LogP contribution is -2.29. The fourth-order valence-electron chi connectivity index (χ4n) is 2.94. The Morgan fingerprint density at radius 3 is 2.00 bits per heavy atom. The van der Waals surface area contributed by atoms with Gasteiger partial charge in [-0.05, 0) is 51.4 Å². The van der Waals surface area contributed by atoms with E-state index in [1.54, 1.807) is 13.8 Å². The first-order valence-electron chi connectivity index (χ1n) is 8.34. The van der Waals surface area contributed by atoms with Crippen LogP contribution in [-0.4, -0.2) is 43.6 Å². The topological polar surface area (TPSA) is 51.1 Å². The van der Waals surface area contributed by atoms with E-state index in [4.69, 9.17) is 79.1 Å². The molecule has 1 N–H and O–H groups in total. The number of hydrogen-bond donors (Lipinski definition) is 1. The molecule has 0 heterocycles. The summed E-state index contributed by atoms with van der Waals surface area (Å²) in [5.74, 6) is 0.662. The number of alkyl halides is 6. The molecular weight excluding hydrogens is 467 g/mol. The Balaban J connectivity index is 2.71. The van der Waals surface area contributed by atoms with Crippen LogP contribution in [0.2, 0.25) is 0 Å². The summed E-state index contributed by atoms with van der Waals surface area (Å²) in [6.45, 7) is 5.20. The standard InChI is InChI=1S/C16H25Cl6NO3/c1-10-4-6-12(23-14(2,3)24)11(10)5-7-13(25-8-15(17,18)19)26-9-16(20,21)22/h10-11,13,24H,4-9H2,1-3H3. The normalized spacial score (nSPS) is 24.0. The van der Waals surface area contributed by atoms with Gasteiger partial charge in [-0.1, -0.05) is 76.5 Å². The average Bonchev–Trinajstić information content (AvgIpc) is 2.74. The average molecular weight is 492 g/mol. The molecule has 0 saturated heterocycles. The number of hydrogen-bond acceptors (Lipinski definition) is 4. The van der Waals surface area contributed by atoms with Crippen molar-refractivity contribution in [2.75, 3.05) is 13.2 Å². The monoisotopic (exact) mass is 489 g/mol. The van der Waals surface area contributed by atoms with E-state index in [2.05, 4.69) is 11.9 Å². The summed E-state index contributed by atoms with van der Waals surface area (Å²) >= 11 is 34.4. The van der Waals surface area contributed by atoms with Crippen LogP contribution in [-0.2, 0) is 9.47 Å². The van der Waals surface area contributed by atoms with Crippen molar-refractivity contribution in [3.05, 3.63) is 0 Å². The van der Waals surface area contributed by atoms with Gasteiger partial charge in [-0.25, -0.2) is 0 Å². The third-order valence-electron chi connectivity index (χ3n) is 3.97. The molecule has 0 aromatic heterocycles. The maximum absolute atomic E-state index is 9.98. The lowest BCUT2D eigenvalue weighted by Gasteiger charge is -2.25. The van der Waals surface area contributed by atoms with Gasteiger partial charge in [-0.2, -0.15) is 0 Å². The van der Waals surface area contributed by atoms with Gasteiger partial charge in [-0.3, -0.25) is 4.99 Å². The van der Waals surface area contributed by atoms with Gasteiger partial charge in [0, 0.05) is 5.71 Å². The van der Waals surface area contributed by atoms with E-state index in [-0.39, 0.29) is 19.1 Å². The number of aliphatic hydroxyl groups is 1. The quantitative estimate of drug-likeness (QED) is 0.330. The van der Waals surface area contributed by atoms with Gasteiger partial charge in [-0.15, -0.1) is 0 Å². The van der Waals surface area contributed by atoms with E-state index in [0.717, 1.165) is 25.0 Å². The van der Waals surface area contributed by atoms with Gasteiger partial charge in [0.2, 0.25) is 7.59 Å². The van der Waals surface area contributed by atoms with Crippen LogP contribution >= 0.6 is 69.6 Å². The highest BCUT2D eigenvalue weighted by atomic mass is 35.6. The van der Waals surface area contributed by atoms with Crippen LogP contribution in [0.1, 0.15) is 46.5 Å². The molecule has 0 aromatic carbocycles. The SMILES string of the molecule is CC1CCC(=NC(C)(C)O)C1CCC(OCC(Cl)(Cl)Cl)OCC(Cl)(Cl)Cl. The van der Waals surface area contributed by atoms with Crippen LogP contribution in [0, 0.1) is 11.8 Å². The van der Waals surface area contributed by atoms with Crippen LogP contribution in [0.5, 0.6) is 0 Å². The van der Waals surface area contributed by atoms with Crippen molar-refractivity contribution in [3.63, 3.8) is 0 Å². The minimum Gasteiger partial charge on any atom is -0.370 e. The predicted molar refractivity (Wildman–Crippen MR) is 111 cm³/mol. The van der Waals surface area contributed by atoms with Crippen LogP contribution in [0.25, 0.3) is 0 Å². The van der Waals surface area contributed by atoms with Gasteiger partial charge in [0.1, 0.15) is 5.72 Å². The molecule has 0 aromatic rings. The van der Waals surface area contributed by atoms with Crippen LogP contribution < -0.4 is 0 Å². The fourth-order valence-corrected chi connectivity index (χ4v) is 3.32. The highest BCUT2D eigenvalue weighted by Gasteiger charge is 2.33. The van der Waals surface area contributed by atoms with Gasteiger partial charge in [0.05, 0.1) is 13.2 Å². The molecule has 1 saturated carbocycles. The zero-order valence-electron chi connectivity index (χ0n) is 15.0. The molecule has 10 heteroatoms. The van der Waals surface area contributed by atoms with Crippen molar-refractivity contribution >= 4 is 75.3 Å². The molecule has 1 rings (SSSR count). The van der Waals surface area contributed by atoms with E-state index >= 15 is 0 Å². The Morgan fingerprint density at radius 1 is 1.08 bits per heavy atom. The Labute approximate surface area is 185 Å². The number of ether oxygens (including phenoxy) is 2. The molecule has 1 aliphatic carbocycles. The van der Waals surface area contributed by atoms with Gasteiger partial charge in [0.15, 0.2) is 6.29 Å². The highest BCUT2D eigenvalue weighted by Crippen LogP contribution is 2.35. The molecule has 2 unspecified atom stereocenters. The molecule has 0 radical (unpaired) electrons. The number of rotatable bonds is 8. The lowest BCUT2D eigenvalue weighted by atomic mass is 9.91. The largest absolute Gasteiger partial charge is 0.370 e. The van der Waals surface area contributed by atoms with Crippen LogP contribution in [0.4, 0.5) is 0 Å². The minimum absolute atomic E-state index is 0.146. The third kappa shape index (κ3) is 11.3. The van der Waals surface area contributed by atoms with Gasteiger partial charge in [0.25, 0.3) is 0 Å². The van der Waals surface area contributed by atoms with Crippen molar-refractivity contribution in [1.29, 1.82) is 0 Å². The summed E-state index contributed by atoms with van der Waals surface area (Å²) in [6, 6.07) is 0. The van der Waals surface area contributed by atoms with Crippen molar-refractivity contribution in [1.82, 2.24) is 0 Å². The highest BCUT2D eigenvalue weighted by molar-refractivity contribution is 6.68. The van der Waals surface area contributed by atoms with Crippen molar-refractivity contribution in [2.45, 2.75) is 66.1 Å². The Kier molecular flexibility index (Phi) is 10.1. The molecule has 2 atom stereocenters. The molecular formula is C16H25Cl6NO3. The van der Waals surface area contributed by atoms with Gasteiger partial charge < -0.3 is 14.6 Å². The zero-order chi connectivity index (χ0) is 20.2. The maximum atomic E-state index is 9.98. The zero-order valence-corrected chi connectivity index (χ0v) is 19.5. The van der Waals surface area contributed by atoms with Crippen LogP contribution in [0.15, 0.2) is 4.99 Å². The molecule has 0 amide bonds. The van der Waals surface area contributed by atoms with E-state index < -0.39 is 19.6 Å². The Bertz CT molecular complexity index is 452. The smallest absolute Gasteiger partial charge is 0.213 e. The number of halogens is 6. The van der Waals surface area contributed by atoms with E-state index in [1.807, 2.05) is 0 Å². The fraction of sp³-hybridized carbons (Fsp3) is 0.938. The molecule has 1 fully saturated rings. The minimum atomic E-state index is -1.56. The second kappa shape index (κ2) is 10.4.